The van der Waals surface area contributed by atoms with Crippen LogP contribution in [0.1, 0.15) is 11.1 Å². The fourth-order valence-electron chi connectivity index (χ4n) is 1.77. The summed E-state index contributed by atoms with van der Waals surface area (Å²) in [6.45, 7) is 0.318. The molecule has 0 heterocycles. The molecule has 0 bridgehead atoms. The maximum atomic E-state index is 10.6. The van der Waals surface area contributed by atoms with Gasteiger partial charge in [-0.15, -0.1) is 0 Å². The Labute approximate surface area is 160 Å². The predicted molar refractivity (Wildman–Crippen MR) is 99.3 cm³/mol. The van der Waals surface area contributed by atoms with Gasteiger partial charge in [0.15, 0.2) is 0 Å². The molecule has 120 valence electrons. The SMILES string of the molecule is O=C(O)/C=C/c1cc(Br)c(OCc2ccc(Cl)c(Cl)c2)c(Br)c1. The van der Waals surface area contributed by atoms with Crippen molar-refractivity contribution in [3.8, 4) is 5.75 Å². The number of carboxylic acid groups (broad SMARTS) is 1. The van der Waals surface area contributed by atoms with Crippen molar-refractivity contribution in [2.45, 2.75) is 6.61 Å². The van der Waals surface area contributed by atoms with Crippen molar-refractivity contribution in [2.75, 3.05) is 0 Å². The summed E-state index contributed by atoms with van der Waals surface area (Å²) in [6.07, 6.45) is 2.57. The molecular weight excluding hydrogens is 471 g/mol. The van der Waals surface area contributed by atoms with Crippen LogP contribution in [-0.2, 0) is 11.4 Å². The summed E-state index contributed by atoms with van der Waals surface area (Å²) in [6, 6.07) is 8.84. The molecule has 0 spiro atoms. The Bertz CT molecular complexity index is 753. The van der Waals surface area contributed by atoms with E-state index in [2.05, 4.69) is 31.9 Å². The van der Waals surface area contributed by atoms with Crippen molar-refractivity contribution in [2.24, 2.45) is 0 Å². The van der Waals surface area contributed by atoms with Crippen LogP contribution in [0.15, 0.2) is 45.4 Å². The minimum absolute atomic E-state index is 0.318. The lowest BCUT2D eigenvalue weighted by Gasteiger charge is -2.12. The third-order valence-corrected chi connectivity index (χ3v) is 4.72. The molecule has 1 N–H and O–H groups in total. The van der Waals surface area contributed by atoms with Gasteiger partial charge in [-0.2, -0.15) is 0 Å². The third kappa shape index (κ3) is 5.24. The highest BCUT2D eigenvalue weighted by Crippen LogP contribution is 2.36. The van der Waals surface area contributed by atoms with Gasteiger partial charge in [-0.25, -0.2) is 4.79 Å². The van der Waals surface area contributed by atoms with E-state index in [4.69, 9.17) is 33.0 Å². The standard InChI is InChI=1S/C16H10Br2Cl2O3/c17-11-5-9(2-4-15(21)22)6-12(18)16(11)23-8-10-1-3-13(19)14(20)7-10/h1-7H,8H2,(H,21,22)/b4-2+. The van der Waals surface area contributed by atoms with Gasteiger partial charge in [-0.3, -0.25) is 0 Å². The second-order valence-corrected chi connectivity index (χ2v) is 7.05. The van der Waals surface area contributed by atoms with Gasteiger partial charge < -0.3 is 9.84 Å². The fourth-order valence-corrected chi connectivity index (χ4v) is 3.54. The highest BCUT2D eigenvalue weighted by Gasteiger charge is 2.09. The highest BCUT2D eigenvalue weighted by molar-refractivity contribution is 9.11. The van der Waals surface area contributed by atoms with E-state index in [1.807, 2.05) is 6.07 Å². The minimum Gasteiger partial charge on any atom is -0.487 e. The van der Waals surface area contributed by atoms with Crippen LogP contribution in [0.4, 0.5) is 0 Å². The minimum atomic E-state index is -1.00. The molecule has 0 saturated heterocycles. The summed E-state index contributed by atoms with van der Waals surface area (Å²) < 4.78 is 7.20. The average Bonchev–Trinajstić information content (AvgIpc) is 2.48. The van der Waals surface area contributed by atoms with Crippen LogP contribution in [0.2, 0.25) is 10.0 Å². The van der Waals surface area contributed by atoms with Gasteiger partial charge in [0.2, 0.25) is 0 Å². The molecule has 0 fully saturated rings. The topological polar surface area (TPSA) is 46.5 Å². The van der Waals surface area contributed by atoms with Crippen LogP contribution in [0.3, 0.4) is 0 Å². The number of carboxylic acids is 1. The number of halogens is 4. The van der Waals surface area contributed by atoms with Crippen molar-refractivity contribution >= 4 is 67.1 Å². The fraction of sp³-hybridized carbons (Fsp3) is 0.0625. The van der Waals surface area contributed by atoms with Crippen LogP contribution in [-0.4, -0.2) is 11.1 Å². The van der Waals surface area contributed by atoms with Crippen LogP contribution < -0.4 is 4.74 Å². The van der Waals surface area contributed by atoms with Gasteiger partial charge in [0.05, 0.1) is 19.0 Å². The van der Waals surface area contributed by atoms with Crippen molar-refractivity contribution in [1.82, 2.24) is 0 Å². The molecule has 0 saturated carbocycles. The number of ether oxygens (including phenoxy) is 1. The van der Waals surface area contributed by atoms with Crippen molar-refractivity contribution < 1.29 is 14.6 Å². The Kier molecular flexibility index (Phi) is 6.53. The molecule has 23 heavy (non-hydrogen) atoms. The van der Waals surface area contributed by atoms with Crippen molar-refractivity contribution in [3.63, 3.8) is 0 Å². The molecule has 0 aromatic heterocycles. The maximum absolute atomic E-state index is 10.6. The summed E-state index contributed by atoms with van der Waals surface area (Å²) in [5, 5.41) is 9.63. The molecular formula is C16H10Br2Cl2O3. The Balaban J connectivity index is 2.16. The summed E-state index contributed by atoms with van der Waals surface area (Å²) >= 11 is 18.7. The quantitative estimate of drug-likeness (QED) is 0.518. The molecule has 0 amide bonds. The number of rotatable bonds is 5. The largest absolute Gasteiger partial charge is 0.487 e. The van der Waals surface area contributed by atoms with E-state index in [0.29, 0.717) is 31.3 Å². The Morgan fingerprint density at radius 3 is 2.35 bits per heavy atom. The molecule has 7 heteroatoms. The molecule has 0 radical (unpaired) electrons. The van der Waals surface area contributed by atoms with Crippen LogP contribution in [0.5, 0.6) is 5.75 Å². The van der Waals surface area contributed by atoms with Gasteiger partial charge in [0.25, 0.3) is 0 Å². The normalized spacial score (nSPS) is 11.0. The van der Waals surface area contributed by atoms with Gasteiger partial charge in [0, 0.05) is 6.08 Å². The van der Waals surface area contributed by atoms with Crippen molar-refractivity contribution in [3.05, 3.63) is 66.5 Å². The van der Waals surface area contributed by atoms with Gasteiger partial charge in [-0.1, -0.05) is 29.3 Å². The highest BCUT2D eigenvalue weighted by atomic mass is 79.9. The molecule has 2 rings (SSSR count). The summed E-state index contributed by atoms with van der Waals surface area (Å²) in [5.41, 5.74) is 1.61. The first-order chi connectivity index (χ1) is 10.9. The number of hydrogen-bond donors (Lipinski definition) is 1. The van der Waals surface area contributed by atoms with Gasteiger partial charge >= 0.3 is 5.97 Å². The number of hydrogen-bond acceptors (Lipinski definition) is 2. The zero-order chi connectivity index (χ0) is 17.0. The smallest absolute Gasteiger partial charge is 0.328 e. The predicted octanol–water partition coefficient (Wildman–Crippen LogP) is 6.20. The summed E-state index contributed by atoms with van der Waals surface area (Å²) in [5.74, 6) is -0.388. The Hall–Kier alpha value is -1.01. The lowest BCUT2D eigenvalue weighted by Crippen LogP contribution is -1.97. The van der Waals surface area contributed by atoms with E-state index >= 15 is 0 Å². The molecule has 0 aliphatic carbocycles. The molecule has 0 aliphatic rings. The second kappa shape index (κ2) is 8.20. The molecule has 0 atom stereocenters. The Morgan fingerprint density at radius 2 is 1.78 bits per heavy atom. The first kappa shape index (κ1) is 18.3. The molecule has 0 aliphatic heterocycles. The van der Waals surface area contributed by atoms with Crippen LogP contribution in [0, 0.1) is 0 Å². The van der Waals surface area contributed by atoms with E-state index in [1.165, 1.54) is 6.08 Å². The number of aliphatic carboxylic acids is 1. The van der Waals surface area contributed by atoms with E-state index in [9.17, 15) is 4.79 Å². The maximum Gasteiger partial charge on any atom is 0.328 e. The lowest BCUT2D eigenvalue weighted by atomic mass is 10.2. The first-order valence-corrected chi connectivity index (χ1v) is 8.68. The van der Waals surface area contributed by atoms with E-state index in [-0.39, 0.29) is 0 Å². The molecule has 3 nitrogen and oxygen atoms in total. The molecule has 2 aromatic carbocycles. The number of benzene rings is 2. The van der Waals surface area contributed by atoms with Crippen molar-refractivity contribution in [1.29, 1.82) is 0 Å². The molecule has 2 aromatic rings. The average molecular weight is 481 g/mol. The third-order valence-electron chi connectivity index (χ3n) is 2.81. The van der Waals surface area contributed by atoms with E-state index < -0.39 is 5.97 Å². The summed E-state index contributed by atoms with van der Waals surface area (Å²) in [4.78, 5) is 10.6. The zero-order valence-electron chi connectivity index (χ0n) is 11.5. The molecule has 0 unspecified atom stereocenters. The summed E-state index contributed by atoms with van der Waals surface area (Å²) in [7, 11) is 0. The van der Waals surface area contributed by atoms with E-state index in [1.54, 1.807) is 24.3 Å². The Morgan fingerprint density at radius 1 is 1.13 bits per heavy atom. The zero-order valence-corrected chi connectivity index (χ0v) is 16.2. The van der Waals surface area contributed by atoms with Crippen LogP contribution in [0.25, 0.3) is 6.08 Å². The first-order valence-electron chi connectivity index (χ1n) is 6.33. The van der Waals surface area contributed by atoms with Crippen LogP contribution >= 0.6 is 55.1 Å². The van der Waals surface area contributed by atoms with Gasteiger partial charge in [-0.05, 0) is 73.3 Å². The van der Waals surface area contributed by atoms with E-state index in [0.717, 1.165) is 17.2 Å². The second-order valence-electron chi connectivity index (χ2n) is 4.52. The lowest BCUT2D eigenvalue weighted by molar-refractivity contribution is -0.131. The monoisotopic (exact) mass is 478 g/mol. The number of carbonyl (C=O) groups is 1. The van der Waals surface area contributed by atoms with Gasteiger partial charge in [0.1, 0.15) is 12.4 Å².